The van der Waals surface area contributed by atoms with Crippen molar-refractivity contribution >= 4 is 55.7 Å². The van der Waals surface area contributed by atoms with Gasteiger partial charge in [0.1, 0.15) is 6.61 Å². The number of imide groups is 1. The van der Waals surface area contributed by atoms with Crippen LogP contribution < -0.4 is 9.47 Å². The fourth-order valence-electron chi connectivity index (χ4n) is 4.43. The Morgan fingerprint density at radius 3 is 2.44 bits per heavy atom. The lowest BCUT2D eigenvalue weighted by Crippen LogP contribution is -2.27. The van der Waals surface area contributed by atoms with E-state index in [2.05, 4.69) is 22.5 Å². The van der Waals surface area contributed by atoms with Gasteiger partial charge in [-0.1, -0.05) is 70.5 Å². The number of methoxy groups -OCH3 is 1. The molecule has 0 N–H and O–H groups in total. The van der Waals surface area contributed by atoms with Gasteiger partial charge in [-0.3, -0.25) is 14.5 Å². The number of nitrogens with zero attached hydrogens (tertiary/aromatic N) is 1. The molecule has 196 valence electrons. The SMILES string of the molecule is C=CCc1cc(/C=C2\SC(=O)N(Cc3ccc4ccccc4c3)C2=O)cc(OC)c1OCc1ccc(Br)cc1. The van der Waals surface area contributed by atoms with Crippen LogP contribution in [0.1, 0.15) is 22.3 Å². The molecule has 4 aromatic carbocycles. The first-order valence-electron chi connectivity index (χ1n) is 12.4. The maximum atomic E-state index is 13.2. The summed E-state index contributed by atoms with van der Waals surface area (Å²) in [4.78, 5) is 27.7. The first kappa shape index (κ1) is 26.8. The predicted octanol–water partition coefficient (Wildman–Crippen LogP) is 8.15. The fraction of sp³-hybridized carbons (Fsp3) is 0.125. The van der Waals surface area contributed by atoms with E-state index in [1.165, 1.54) is 4.90 Å². The van der Waals surface area contributed by atoms with E-state index in [1.807, 2.05) is 78.9 Å². The maximum Gasteiger partial charge on any atom is 0.293 e. The molecule has 0 aliphatic carbocycles. The molecule has 39 heavy (non-hydrogen) atoms. The Bertz CT molecular complexity index is 1600. The molecule has 1 aliphatic rings. The predicted molar refractivity (Wildman–Crippen MR) is 161 cm³/mol. The van der Waals surface area contributed by atoms with Crippen LogP contribution in [-0.2, 0) is 24.4 Å². The third kappa shape index (κ3) is 6.10. The zero-order valence-corrected chi connectivity index (χ0v) is 23.8. The zero-order chi connectivity index (χ0) is 27.4. The smallest absolute Gasteiger partial charge is 0.293 e. The number of amides is 2. The molecule has 1 heterocycles. The number of carbonyl (C=O) groups is 2. The highest BCUT2D eigenvalue weighted by Crippen LogP contribution is 2.38. The number of hydrogen-bond donors (Lipinski definition) is 0. The standard InChI is InChI=1S/C32H26BrNO4S/c1-3-6-26-16-23(17-28(37-2)30(26)38-20-21-10-13-27(33)14-11-21)18-29-31(35)34(32(36)39-29)19-22-9-12-24-7-4-5-8-25(24)15-22/h3-5,7-18H,1,6,19-20H2,2H3/b29-18-. The minimum Gasteiger partial charge on any atom is -0.493 e. The van der Waals surface area contributed by atoms with Crippen LogP contribution in [0.2, 0.25) is 0 Å². The highest BCUT2D eigenvalue weighted by atomic mass is 79.9. The van der Waals surface area contributed by atoms with Gasteiger partial charge in [0.2, 0.25) is 0 Å². The van der Waals surface area contributed by atoms with Gasteiger partial charge in [-0.25, -0.2) is 0 Å². The number of ether oxygens (including phenoxy) is 2. The van der Waals surface area contributed by atoms with Gasteiger partial charge in [0.05, 0.1) is 18.6 Å². The summed E-state index contributed by atoms with van der Waals surface area (Å²) in [6, 6.07) is 25.7. The van der Waals surface area contributed by atoms with Crippen molar-refractivity contribution in [3.63, 3.8) is 0 Å². The molecular formula is C32H26BrNO4S. The fourth-order valence-corrected chi connectivity index (χ4v) is 5.54. The second-order valence-electron chi connectivity index (χ2n) is 9.07. The second-order valence-corrected chi connectivity index (χ2v) is 11.0. The average molecular weight is 601 g/mol. The molecule has 0 unspecified atom stereocenters. The van der Waals surface area contributed by atoms with Crippen LogP contribution in [0.15, 0.2) is 101 Å². The minimum absolute atomic E-state index is 0.223. The van der Waals surface area contributed by atoms with Crippen molar-refractivity contribution in [1.29, 1.82) is 0 Å². The van der Waals surface area contributed by atoms with Gasteiger partial charge in [0, 0.05) is 10.0 Å². The second kappa shape index (κ2) is 11.9. The lowest BCUT2D eigenvalue weighted by Gasteiger charge is -2.16. The first-order valence-corrected chi connectivity index (χ1v) is 14.0. The number of benzene rings is 4. The number of allylic oxidation sites excluding steroid dienone is 1. The van der Waals surface area contributed by atoms with Gasteiger partial charge >= 0.3 is 0 Å². The van der Waals surface area contributed by atoms with Gasteiger partial charge in [0.25, 0.3) is 11.1 Å². The summed E-state index contributed by atoms with van der Waals surface area (Å²) in [5.41, 5.74) is 3.55. The van der Waals surface area contributed by atoms with Crippen molar-refractivity contribution in [2.75, 3.05) is 7.11 Å². The van der Waals surface area contributed by atoms with E-state index in [9.17, 15) is 9.59 Å². The number of fused-ring (bicyclic) bond motifs is 1. The van der Waals surface area contributed by atoms with Crippen LogP contribution in [0.3, 0.4) is 0 Å². The average Bonchev–Trinajstić information content (AvgIpc) is 3.20. The van der Waals surface area contributed by atoms with E-state index in [4.69, 9.17) is 9.47 Å². The summed E-state index contributed by atoms with van der Waals surface area (Å²) < 4.78 is 12.8. The van der Waals surface area contributed by atoms with Gasteiger partial charge in [-0.2, -0.15) is 0 Å². The molecule has 1 fully saturated rings. The van der Waals surface area contributed by atoms with Crippen LogP contribution in [0.5, 0.6) is 11.5 Å². The van der Waals surface area contributed by atoms with E-state index in [-0.39, 0.29) is 17.7 Å². The highest BCUT2D eigenvalue weighted by Gasteiger charge is 2.35. The Balaban J connectivity index is 1.38. The Morgan fingerprint density at radius 2 is 1.69 bits per heavy atom. The van der Waals surface area contributed by atoms with E-state index in [1.54, 1.807) is 19.3 Å². The molecule has 0 saturated carbocycles. The Labute approximate surface area is 240 Å². The lowest BCUT2D eigenvalue weighted by molar-refractivity contribution is -0.123. The third-order valence-corrected chi connectivity index (χ3v) is 7.80. The Morgan fingerprint density at radius 1 is 0.949 bits per heavy atom. The number of rotatable bonds is 9. The molecule has 2 amide bonds. The van der Waals surface area contributed by atoms with Crippen molar-refractivity contribution in [3.05, 3.63) is 123 Å². The third-order valence-electron chi connectivity index (χ3n) is 6.36. The van der Waals surface area contributed by atoms with Crippen molar-refractivity contribution in [1.82, 2.24) is 4.90 Å². The van der Waals surface area contributed by atoms with Crippen molar-refractivity contribution in [3.8, 4) is 11.5 Å². The molecule has 5 nitrogen and oxygen atoms in total. The highest BCUT2D eigenvalue weighted by molar-refractivity contribution is 9.10. The molecule has 0 radical (unpaired) electrons. The molecule has 0 aromatic heterocycles. The van der Waals surface area contributed by atoms with E-state index in [0.29, 0.717) is 29.4 Å². The van der Waals surface area contributed by atoms with E-state index in [0.717, 1.165) is 49.3 Å². The summed E-state index contributed by atoms with van der Waals surface area (Å²) in [5.74, 6) is 0.868. The molecule has 1 saturated heterocycles. The quantitative estimate of drug-likeness (QED) is 0.143. The normalized spacial score (nSPS) is 14.3. The van der Waals surface area contributed by atoms with Crippen LogP contribution in [-0.4, -0.2) is 23.2 Å². The maximum absolute atomic E-state index is 13.2. The monoisotopic (exact) mass is 599 g/mol. The summed E-state index contributed by atoms with van der Waals surface area (Å²) in [7, 11) is 1.58. The molecular weight excluding hydrogens is 574 g/mol. The van der Waals surface area contributed by atoms with Crippen LogP contribution in [0, 0.1) is 0 Å². The number of hydrogen-bond acceptors (Lipinski definition) is 5. The topological polar surface area (TPSA) is 55.8 Å². The summed E-state index contributed by atoms with van der Waals surface area (Å²) >= 11 is 4.40. The molecule has 4 aromatic rings. The summed E-state index contributed by atoms with van der Waals surface area (Å²) in [6.45, 7) is 4.48. The molecule has 7 heteroatoms. The number of thioether (sulfide) groups is 1. The van der Waals surface area contributed by atoms with Crippen molar-refractivity contribution in [2.24, 2.45) is 0 Å². The largest absolute Gasteiger partial charge is 0.493 e. The molecule has 1 aliphatic heterocycles. The Kier molecular flexibility index (Phi) is 8.19. The summed E-state index contributed by atoms with van der Waals surface area (Å²) in [5, 5.41) is 1.90. The first-order chi connectivity index (χ1) is 18.9. The number of carbonyl (C=O) groups excluding carboxylic acids is 2. The molecule has 0 atom stereocenters. The van der Waals surface area contributed by atoms with Crippen LogP contribution in [0.4, 0.5) is 4.79 Å². The van der Waals surface area contributed by atoms with Crippen molar-refractivity contribution < 1.29 is 19.1 Å². The zero-order valence-electron chi connectivity index (χ0n) is 21.4. The van der Waals surface area contributed by atoms with Gasteiger partial charge in [0.15, 0.2) is 11.5 Å². The minimum atomic E-state index is -0.307. The molecule has 0 bridgehead atoms. The van der Waals surface area contributed by atoms with Crippen LogP contribution in [0.25, 0.3) is 16.8 Å². The van der Waals surface area contributed by atoms with Gasteiger partial charge in [-0.05, 0) is 82.1 Å². The molecule has 5 rings (SSSR count). The summed E-state index contributed by atoms with van der Waals surface area (Å²) in [6.07, 6.45) is 4.08. The number of halogens is 1. The lowest BCUT2D eigenvalue weighted by atomic mass is 10.0. The van der Waals surface area contributed by atoms with E-state index >= 15 is 0 Å². The van der Waals surface area contributed by atoms with E-state index < -0.39 is 0 Å². The Hall–Kier alpha value is -3.81. The van der Waals surface area contributed by atoms with Gasteiger partial charge in [-0.15, -0.1) is 6.58 Å². The molecule has 0 spiro atoms. The van der Waals surface area contributed by atoms with Crippen molar-refractivity contribution in [2.45, 2.75) is 19.6 Å². The van der Waals surface area contributed by atoms with Crippen LogP contribution >= 0.6 is 27.7 Å². The van der Waals surface area contributed by atoms with Gasteiger partial charge < -0.3 is 9.47 Å².